The van der Waals surface area contributed by atoms with Gasteiger partial charge < -0.3 is 14.7 Å². The Kier molecular flexibility index (Phi) is 16.4. The SMILES string of the molecule is O=P(O)(O)O.[K+].[O]=[Nb](=[O])[O-]. The Morgan fingerprint density at radius 1 is 1.20 bits per heavy atom. The van der Waals surface area contributed by atoms with E-state index in [0.29, 0.717) is 0 Å². The van der Waals surface area contributed by atoms with Crippen molar-refractivity contribution < 1.29 is 99.5 Å². The van der Waals surface area contributed by atoms with Crippen molar-refractivity contribution in [2.75, 3.05) is 0 Å². The van der Waals surface area contributed by atoms with E-state index in [4.69, 9.17) is 29.4 Å². The van der Waals surface area contributed by atoms with Gasteiger partial charge in [0.1, 0.15) is 0 Å². The van der Waals surface area contributed by atoms with Crippen LogP contribution in [0.4, 0.5) is 0 Å². The second kappa shape index (κ2) is 9.14. The van der Waals surface area contributed by atoms with Gasteiger partial charge in [-0.3, -0.25) is 0 Å². The van der Waals surface area contributed by atoms with E-state index in [1.807, 2.05) is 0 Å². The van der Waals surface area contributed by atoms with Crippen LogP contribution in [0.5, 0.6) is 0 Å². The third-order valence-electron chi connectivity index (χ3n) is 0. The third kappa shape index (κ3) is 196. The maximum atomic E-state index is 8.88. The molecule has 0 rings (SSSR count). The molecule has 0 saturated heterocycles. The summed E-state index contributed by atoms with van der Waals surface area (Å²) < 4.78 is 34.7. The fraction of sp³-hybridized carbons (Fsp3) is 0. The molecule has 0 fully saturated rings. The monoisotopic (exact) mass is 278 g/mol. The van der Waals surface area contributed by atoms with Gasteiger partial charge in [-0.25, -0.2) is 4.57 Å². The van der Waals surface area contributed by atoms with Crippen LogP contribution < -0.4 is 55.0 Å². The summed E-state index contributed by atoms with van der Waals surface area (Å²) in [5.74, 6) is 0. The summed E-state index contributed by atoms with van der Waals surface area (Å²) in [7, 11) is -4.64. The summed E-state index contributed by atoms with van der Waals surface area (Å²) in [5.41, 5.74) is 0. The second-order valence-electron chi connectivity index (χ2n) is 0.737. The zero-order chi connectivity index (χ0) is 8.08. The van der Waals surface area contributed by atoms with Crippen LogP contribution in [0.25, 0.3) is 0 Å². The molecule has 0 aromatic rings. The van der Waals surface area contributed by atoms with E-state index in [1.165, 1.54) is 0 Å². The molecule has 0 aromatic heterocycles. The summed E-state index contributed by atoms with van der Waals surface area (Å²) in [6.45, 7) is 0. The van der Waals surface area contributed by atoms with Crippen molar-refractivity contribution in [2.24, 2.45) is 0 Å². The average molecular weight is 278 g/mol. The molecule has 3 N–H and O–H groups in total. The van der Waals surface area contributed by atoms with Crippen molar-refractivity contribution in [2.45, 2.75) is 0 Å². The van der Waals surface area contributed by atoms with Gasteiger partial charge in [0.25, 0.3) is 0 Å². The van der Waals surface area contributed by atoms with E-state index in [0.717, 1.165) is 0 Å². The molecule has 0 amide bonds. The Bertz CT molecular complexity index is 148. The van der Waals surface area contributed by atoms with E-state index in [2.05, 4.69) is 0 Å². The van der Waals surface area contributed by atoms with E-state index >= 15 is 0 Å². The fourth-order valence-electron chi connectivity index (χ4n) is 0. The number of hydrogen-bond acceptors (Lipinski definition) is 4. The molecule has 10 heteroatoms. The van der Waals surface area contributed by atoms with Crippen molar-refractivity contribution >= 4 is 7.82 Å². The summed E-state index contributed by atoms with van der Waals surface area (Å²) in [6.07, 6.45) is 0. The second-order valence-corrected chi connectivity index (χ2v) is 2.86. The molecule has 0 aliphatic heterocycles. The van der Waals surface area contributed by atoms with Crippen molar-refractivity contribution in [3.05, 3.63) is 0 Å². The Balaban J connectivity index is -0.0000000910. The van der Waals surface area contributed by atoms with E-state index < -0.39 is 26.6 Å². The first kappa shape index (κ1) is 18.0. The maximum absolute atomic E-state index is 8.88. The van der Waals surface area contributed by atoms with Crippen LogP contribution >= 0.6 is 7.82 Å². The van der Waals surface area contributed by atoms with Crippen molar-refractivity contribution in [1.29, 1.82) is 0 Å². The summed E-state index contributed by atoms with van der Waals surface area (Å²) in [4.78, 5) is 21.6. The topological polar surface area (TPSA) is 135 Å². The van der Waals surface area contributed by atoms with Crippen LogP contribution in [0.2, 0.25) is 0 Å². The van der Waals surface area contributed by atoms with Crippen molar-refractivity contribution in [3.63, 3.8) is 0 Å². The molecular formula is H3KNbO7P. The molecule has 56 valence electrons. The minimum atomic E-state index is -4.64. The van der Waals surface area contributed by atoms with Gasteiger partial charge >= 0.3 is 88.1 Å². The summed E-state index contributed by atoms with van der Waals surface area (Å²) >= 11 is -4.20. The van der Waals surface area contributed by atoms with Crippen LogP contribution in [-0.4, -0.2) is 14.7 Å². The molecule has 0 radical (unpaired) electrons. The molecular weight excluding hydrogens is 275 g/mol. The Hall–Kier alpha value is 2.05. The Labute approximate surface area is 105 Å². The van der Waals surface area contributed by atoms with Crippen LogP contribution in [0, 0.1) is 0 Å². The van der Waals surface area contributed by atoms with Gasteiger partial charge in [0.2, 0.25) is 0 Å². The van der Waals surface area contributed by atoms with Crippen LogP contribution in [0.15, 0.2) is 0 Å². The molecule has 0 saturated carbocycles. The standard InChI is InChI=1S/K.Nb.H3O4P.3O/c;;1-5(2,3)4;;;/h;;(H3,1,2,3,4);;;/q+1;;;;;-1. The van der Waals surface area contributed by atoms with Gasteiger partial charge in [-0.1, -0.05) is 0 Å². The van der Waals surface area contributed by atoms with Gasteiger partial charge in [-0.15, -0.1) is 0 Å². The summed E-state index contributed by atoms with van der Waals surface area (Å²) in [5, 5.41) is 0. The molecule has 0 heterocycles. The van der Waals surface area contributed by atoms with E-state index in [1.54, 1.807) is 0 Å². The zero-order valence-electron chi connectivity index (χ0n) is 4.87. The number of phosphoric acid groups is 1. The first-order valence-electron chi connectivity index (χ1n) is 1.33. The molecule has 0 aliphatic carbocycles. The molecule has 0 aromatic carbocycles. The van der Waals surface area contributed by atoms with Gasteiger partial charge in [0.15, 0.2) is 0 Å². The first-order chi connectivity index (χ1) is 3.73. The van der Waals surface area contributed by atoms with E-state index in [-0.39, 0.29) is 51.4 Å². The zero-order valence-corrected chi connectivity index (χ0v) is 11.1. The molecule has 0 aliphatic rings. The Morgan fingerprint density at radius 3 is 1.20 bits per heavy atom. The minimum absolute atomic E-state index is 0. The number of rotatable bonds is 0. The normalized spacial score (nSPS) is 8.40. The van der Waals surface area contributed by atoms with Crippen molar-refractivity contribution in [3.8, 4) is 0 Å². The van der Waals surface area contributed by atoms with Gasteiger partial charge in [-0.05, 0) is 0 Å². The van der Waals surface area contributed by atoms with Gasteiger partial charge in [0, 0.05) is 0 Å². The average Bonchev–Trinajstić information content (AvgIpc) is 1.19. The quantitative estimate of drug-likeness (QED) is 0.297. The third-order valence-corrected chi connectivity index (χ3v) is 0. The van der Waals surface area contributed by atoms with Crippen LogP contribution in [-0.2, 0) is 29.9 Å². The fourth-order valence-corrected chi connectivity index (χ4v) is 0. The molecule has 10 heavy (non-hydrogen) atoms. The first-order valence-corrected chi connectivity index (χ1v) is 5.59. The van der Waals surface area contributed by atoms with Crippen LogP contribution in [0.1, 0.15) is 0 Å². The molecule has 0 bridgehead atoms. The molecule has 0 spiro atoms. The Morgan fingerprint density at radius 2 is 1.20 bits per heavy atom. The summed E-state index contributed by atoms with van der Waals surface area (Å²) in [6, 6.07) is 0. The van der Waals surface area contributed by atoms with Crippen LogP contribution in [0.3, 0.4) is 0 Å². The predicted octanol–water partition coefficient (Wildman–Crippen LogP) is -5.35. The molecule has 0 unspecified atom stereocenters. The number of hydrogen-bond donors (Lipinski definition) is 3. The molecule has 0 atom stereocenters. The van der Waals surface area contributed by atoms with E-state index in [9.17, 15) is 0 Å². The van der Waals surface area contributed by atoms with Crippen molar-refractivity contribution in [1.82, 2.24) is 0 Å². The predicted molar refractivity (Wildman–Crippen MR) is 15.6 cm³/mol. The van der Waals surface area contributed by atoms with Gasteiger partial charge in [-0.2, -0.15) is 0 Å². The molecule has 7 nitrogen and oxygen atoms in total. The van der Waals surface area contributed by atoms with Gasteiger partial charge in [0.05, 0.1) is 0 Å².